The number of pyridine rings is 1. The maximum absolute atomic E-state index is 13.2. The summed E-state index contributed by atoms with van der Waals surface area (Å²) in [5.74, 6) is -1.23. The first-order valence-electron chi connectivity index (χ1n) is 10.8. The van der Waals surface area contributed by atoms with Crippen LogP contribution in [0.2, 0.25) is 0 Å². The largest absolute Gasteiger partial charge is 0.507 e. The first-order valence-corrected chi connectivity index (χ1v) is 10.8. The number of nitrogens with zero attached hydrogens (tertiary/aromatic N) is 3. The van der Waals surface area contributed by atoms with Gasteiger partial charge in [-0.3, -0.25) is 24.7 Å². The van der Waals surface area contributed by atoms with Gasteiger partial charge in [0.25, 0.3) is 17.4 Å². The Hall–Kier alpha value is -4.73. The molecular weight excluding hydrogens is 454 g/mol. The number of Topliss-reactive ketones (excluding diaryl/α,β-unsaturated/α-hetero) is 1. The molecule has 2 aliphatic rings. The third kappa shape index (κ3) is 4.05. The van der Waals surface area contributed by atoms with Crippen molar-refractivity contribution in [2.45, 2.75) is 12.6 Å². The van der Waals surface area contributed by atoms with E-state index in [1.54, 1.807) is 42.7 Å². The maximum Gasteiger partial charge on any atom is 0.295 e. The number of aliphatic hydroxyl groups excluding tert-OH is 1. The molecule has 10 nitrogen and oxygen atoms in total. The number of aliphatic hydroxyl groups is 1. The number of hydrogen-bond donors (Lipinski definition) is 1. The zero-order valence-corrected chi connectivity index (χ0v) is 18.3. The van der Waals surface area contributed by atoms with Crippen molar-refractivity contribution in [1.29, 1.82) is 0 Å². The zero-order valence-electron chi connectivity index (χ0n) is 18.3. The molecule has 0 aliphatic carbocycles. The van der Waals surface area contributed by atoms with Crippen LogP contribution in [0, 0.1) is 10.1 Å². The van der Waals surface area contributed by atoms with Crippen molar-refractivity contribution in [3.8, 4) is 11.5 Å². The Morgan fingerprint density at radius 3 is 2.63 bits per heavy atom. The van der Waals surface area contributed by atoms with Crippen LogP contribution in [0.5, 0.6) is 11.5 Å². The van der Waals surface area contributed by atoms with Crippen molar-refractivity contribution >= 4 is 23.1 Å². The number of aromatic nitrogens is 1. The lowest BCUT2D eigenvalue weighted by atomic mass is 9.94. The highest BCUT2D eigenvalue weighted by Crippen LogP contribution is 2.42. The second-order valence-corrected chi connectivity index (χ2v) is 8.00. The van der Waals surface area contributed by atoms with Crippen LogP contribution in [-0.4, -0.2) is 44.8 Å². The first-order chi connectivity index (χ1) is 16.9. The molecule has 176 valence electrons. The number of ketones is 1. The van der Waals surface area contributed by atoms with Crippen LogP contribution in [0.1, 0.15) is 22.7 Å². The topological polar surface area (TPSA) is 132 Å². The van der Waals surface area contributed by atoms with Gasteiger partial charge in [0.2, 0.25) is 0 Å². The highest BCUT2D eigenvalue weighted by Gasteiger charge is 2.46. The number of nitro groups is 1. The van der Waals surface area contributed by atoms with Crippen LogP contribution >= 0.6 is 0 Å². The Kier molecular flexibility index (Phi) is 5.61. The summed E-state index contributed by atoms with van der Waals surface area (Å²) < 4.78 is 11.1. The van der Waals surface area contributed by atoms with E-state index in [0.717, 1.165) is 0 Å². The number of hydrogen-bond acceptors (Lipinski definition) is 8. The van der Waals surface area contributed by atoms with Gasteiger partial charge in [0.05, 0.1) is 16.5 Å². The van der Waals surface area contributed by atoms with Gasteiger partial charge >= 0.3 is 0 Å². The van der Waals surface area contributed by atoms with E-state index in [2.05, 4.69) is 4.98 Å². The molecule has 1 fully saturated rings. The van der Waals surface area contributed by atoms with Crippen molar-refractivity contribution in [2.24, 2.45) is 0 Å². The van der Waals surface area contributed by atoms with E-state index in [9.17, 15) is 24.8 Å². The van der Waals surface area contributed by atoms with Crippen LogP contribution in [-0.2, 0) is 16.1 Å². The molecule has 2 aliphatic heterocycles. The third-order valence-electron chi connectivity index (χ3n) is 5.83. The molecule has 10 heteroatoms. The van der Waals surface area contributed by atoms with Gasteiger partial charge in [-0.15, -0.1) is 0 Å². The van der Waals surface area contributed by atoms with Crippen LogP contribution in [0.15, 0.2) is 72.6 Å². The van der Waals surface area contributed by atoms with Crippen LogP contribution in [0.4, 0.5) is 5.69 Å². The number of carbonyl (C=O) groups excluding carboxylic acids is 2. The van der Waals surface area contributed by atoms with Crippen molar-refractivity contribution in [2.75, 3.05) is 13.2 Å². The molecule has 1 N–H and O–H groups in total. The molecule has 0 saturated carbocycles. The number of ether oxygens (including phenoxy) is 2. The summed E-state index contributed by atoms with van der Waals surface area (Å²) >= 11 is 0. The van der Waals surface area contributed by atoms with Gasteiger partial charge < -0.3 is 19.5 Å². The fourth-order valence-electron chi connectivity index (χ4n) is 4.23. The minimum atomic E-state index is -1.05. The Bertz CT molecular complexity index is 1370. The summed E-state index contributed by atoms with van der Waals surface area (Å²) in [6.07, 6.45) is 3.14. The standard InChI is InChI=1S/C25H19N3O7/c29-23(17-6-7-19-20(12-17)35-10-9-34-19)21-22(16-4-1-5-18(11-16)28(32)33)27(25(31)24(21)30)14-15-3-2-8-26-13-15/h1-8,11-13,22,29H,9-10,14H2/b23-21+/t22-/m0/s1. The Labute approximate surface area is 199 Å². The quantitative estimate of drug-likeness (QED) is 0.196. The molecule has 0 bridgehead atoms. The van der Waals surface area contributed by atoms with Gasteiger partial charge in [-0.05, 0) is 35.4 Å². The summed E-state index contributed by atoms with van der Waals surface area (Å²) in [6.45, 7) is 0.745. The fraction of sp³-hybridized carbons (Fsp3) is 0.160. The number of non-ortho nitro benzene ring substituents is 1. The van der Waals surface area contributed by atoms with Gasteiger partial charge in [-0.2, -0.15) is 0 Å². The minimum absolute atomic E-state index is 0.0176. The Morgan fingerprint density at radius 2 is 1.89 bits per heavy atom. The van der Waals surface area contributed by atoms with Gasteiger partial charge in [0.1, 0.15) is 19.0 Å². The Morgan fingerprint density at radius 1 is 1.09 bits per heavy atom. The summed E-state index contributed by atoms with van der Waals surface area (Å²) in [4.78, 5) is 42.5. The van der Waals surface area contributed by atoms with E-state index in [4.69, 9.17) is 9.47 Å². The summed E-state index contributed by atoms with van der Waals surface area (Å²) in [5.41, 5.74) is 0.861. The monoisotopic (exact) mass is 473 g/mol. The lowest BCUT2D eigenvalue weighted by molar-refractivity contribution is -0.384. The molecule has 1 saturated heterocycles. The molecule has 5 rings (SSSR count). The van der Waals surface area contributed by atoms with E-state index in [1.165, 1.54) is 29.2 Å². The van der Waals surface area contributed by atoms with E-state index < -0.39 is 28.4 Å². The normalized spacial score (nSPS) is 18.5. The van der Waals surface area contributed by atoms with Crippen LogP contribution < -0.4 is 9.47 Å². The average Bonchev–Trinajstić information content (AvgIpc) is 3.13. The molecule has 35 heavy (non-hydrogen) atoms. The van der Waals surface area contributed by atoms with Crippen LogP contribution in [0.25, 0.3) is 5.76 Å². The number of fused-ring (bicyclic) bond motifs is 1. The lowest BCUT2D eigenvalue weighted by Gasteiger charge is -2.25. The summed E-state index contributed by atoms with van der Waals surface area (Å²) in [6, 6.07) is 12.8. The van der Waals surface area contributed by atoms with E-state index in [0.29, 0.717) is 35.8 Å². The highest BCUT2D eigenvalue weighted by atomic mass is 16.6. The van der Waals surface area contributed by atoms with Crippen LogP contribution in [0.3, 0.4) is 0 Å². The van der Waals surface area contributed by atoms with Gasteiger partial charge in [0, 0.05) is 36.6 Å². The number of nitro benzene ring substituents is 1. The second-order valence-electron chi connectivity index (χ2n) is 8.00. The number of rotatable bonds is 5. The molecular formula is C25H19N3O7. The summed E-state index contributed by atoms with van der Waals surface area (Å²) in [5, 5.41) is 22.6. The lowest BCUT2D eigenvalue weighted by Crippen LogP contribution is -2.29. The van der Waals surface area contributed by atoms with Crippen molar-refractivity contribution < 1.29 is 29.1 Å². The minimum Gasteiger partial charge on any atom is -0.507 e. The van der Waals surface area contributed by atoms with Gasteiger partial charge in [-0.25, -0.2) is 0 Å². The molecule has 1 amide bonds. The van der Waals surface area contributed by atoms with Crippen molar-refractivity contribution in [3.05, 3.63) is 99.4 Å². The third-order valence-corrected chi connectivity index (χ3v) is 5.83. The zero-order chi connectivity index (χ0) is 24.5. The molecule has 1 atom stereocenters. The molecule has 0 spiro atoms. The maximum atomic E-state index is 13.2. The van der Waals surface area contributed by atoms with Gasteiger partial charge in [0.15, 0.2) is 11.5 Å². The molecule has 0 unspecified atom stereocenters. The second kappa shape index (κ2) is 8.90. The smallest absolute Gasteiger partial charge is 0.295 e. The van der Waals surface area contributed by atoms with E-state index in [1.807, 2.05) is 0 Å². The number of likely N-dealkylation sites (tertiary alicyclic amines) is 1. The first kappa shape index (κ1) is 22.1. The van der Waals surface area contributed by atoms with Crippen molar-refractivity contribution in [1.82, 2.24) is 9.88 Å². The van der Waals surface area contributed by atoms with E-state index in [-0.39, 0.29) is 23.4 Å². The van der Waals surface area contributed by atoms with Crippen molar-refractivity contribution in [3.63, 3.8) is 0 Å². The molecule has 3 heterocycles. The van der Waals surface area contributed by atoms with E-state index >= 15 is 0 Å². The SMILES string of the molecule is O=C1C(=O)N(Cc2cccnc2)[C@@H](c2cccc([N+](=O)[O-])c2)/C1=C(\O)c1ccc2c(c1)OCCO2. The Balaban J connectivity index is 1.65. The molecule has 1 aromatic heterocycles. The average molecular weight is 473 g/mol. The predicted octanol–water partition coefficient (Wildman–Crippen LogP) is 3.38. The predicted molar refractivity (Wildman–Crippen MR) is 123 cm³/mol. The number of carbonyl (C=O) groups is 2. The molecule has 2 aromatic carbocycles. The number of amides is 1. The highest BCUT2D eigenvalue weighted by molar-refractivity contribution is 6.46. The fourth-order valence-corrected chi connectivity index (χ4v) is 4.23. The molecule has 0 radical (unpaired) electrons. The molecule has 3 aromatic rings. The van der Waals surface area contributed by atoms with Gasteiger partial charge in [-0.1, -0.05) is 18.2 Å². The number of benzene rings is 2. The summed E-state index contributed by atoms with van der Waals surface area (Å²) in [7, 11) is 0.